The van der Waals surface area contributed by atoms with E-state index in [0.29, 0.717) is 42.8 Å². The van der Waals surface area contributed by atoms with Crippen LogP contribution in [0.4, 0.5) is 0 Å². The minimum absolute atomic E-state index is 0.0635. The summed E-state index contributed by atoms with van der Waals surface area (Å²) in [6.45, 7) is 8.95. The van der Waals surface area contributed by atoms with Gasteiger partial charge in [-0.2, -0.15) is 5.26 Å². The SMILES string of the molecule is COc1cc2cc(c1)-c1ccc3c(C#N)cn(c3c1)CC(C)(C)COC(=O)[C@@H]1CCCN(N1)C(=O)[C@@H](NC(=O)C(C(C)C)N(C)C(=O)C1CN(C(=O)CCl)C1)C2. The molecule has 15 heteroatoms. The summed E-state index contributed by atoms with van der Waals surface area (Å²) in [4.78, 5) is 70.8. The van der Waals surface area contributed by atoms with Crippen LogP contribution in [0, 0.1) is 28.6 Å². The first-order chi connectivity index (χ1) is 26.6. The third kappa shape index (κ3) is 8.49. The number of halogens is 1. The lowest BCUT2D eigenvalue weighted by Gasteiger charge is -2.42. The van der Waals surface area contributed by atoms with Gasteiger partial charge in [-0.05, 0) is 53.6 Å². The highest BCUT2D eigenvalue weighted by atomic mass is 35.5. The van der Waals surface area contributed by atoms with E-state index in [1.54, 1.807) is 14.2 Å². The van der Waals surface area contributed by atoms with Crippen LogP contribution in [-0.2, 0) is 41.7 Å². The van der Waals surface area contributed by atoms with Crippen molar-refractivity contribution in [1.82, 2.24) is 30.1 Å². The molecule has 2 aromatic carbocycles. The van der Waals surface area contributed by atoms with E-state index in [-0.39, 0.29) is 49.7 Å². The van der Waals surface area contributed by atoms with E-state index >= 15 is 0 Å². The number of cyclic esters (lactones) is 1. The van der Waals surface area contributed by atoms with Gasteiger partial charge < -0.3 is 29.2 Å². The molecule has 6 bridgehead atoms. The number of ether oxygens (including phenoxy) is 2. The molecule has 2 N–H and O–H groups in total. The first-order valence-corrected chi connectivity index (χ1v) is 19.5. The minimum Gasteiger partial charge on any atom is -0.497 e. The van der Waals surface area contributed by atoms with Crippen molar-refractivity contribution < 1.29 is 33.4 Å². The Morgan fingerprint density at radius 2 is 1.89 bits per heavy atom. The van der Waals surface area contributed by atoms with Crippen LogP contribution >= 0.6 is 11.6 Å². The molecular formula is C41H50ClN7O7. The number of nitrogens with zero attached hydrogens (tertiary/aromatic N) is 5. The fourth-order valence-electron chi connectivity index (χ4n) is 7.90. The van der Waals surface area contributed by atoms with Gasteiger partial charge in [0, 0.05) is 56.6 Å². The van der Waals surface area contributed by atoms with Crippen LogP contribution in [-0.4, -0.2) is 113 Å². The summed E-state index contributed by atoms with van der Waals surface area (Å²) < 4.78 is 13.6. The molecule has 14 nitrogen and oxygen atoms in total. The van der Waals surface area contributed by atoms with Crippen LogP contribution < -0.4 is 15.5 Å². The van der Waals surface area contributed by atoms with Gasteiger partial charge in [0.25, 0.3) is 5.91 Å². The van der Waals surface area contributed by atoms with Crippen LogP contribution in [0.3, 0.4) is 0 Å². The van der Waals surface area contributed by atoms with E-state index in [1.807, 2.05) is 74.9 Å². The molecule has 4 amide bonds. The third-order valence-corrected chi connectivity index (χ3v) is 11.1. The van der Waals surface area contributed by atoms with Crippen LogP contribution in [0.1, 0.15) is 51.7 Å². The Kier molecular flexibility index (Phi) is 12.0. The number of hydrogen-bond acceptors (Lipinski definition) is 9. The Hall–Kier alpha value is -5.13. The number of aromatic nitrogens is 1. The average Bonchev–Trinajstić information content (AvgIpc) is 3.50. The molecule has 0 saturated carbocycles. The summed E-state index contributed by atoms with van der Waals surface area (Å²) in [6.07, 6.45) is 2.86. The average molecular weight is 788 g/mol. The zero-order valence-corrected chi connectivity index (χ0v) is 33.5. The van der Waals surface area contributed by atoms with Crippen LogP contribution in [0.2, 0.25) is 0 Å². The molecule has 56 heavy (non-hydrogen) atoms. The number of amides is 4. The van der Waals surface area contributed by atoms with Crippen LogP contribution in [0.25, 0.3) is 22.0 Å². The van der Waals surface area contributed by atoms with Crippen molar-refractivity contribution in [3.05, 3.63) is 53.7 Å². The van der Waals surface area contributed by atoms with Crippen molar-refractivity contribution in [2.75, 3.05) is 46.3 Å². The molecule has 3 atom stereocenters. The van der Waals surface area contributed by atoms with Gasteiger partial charge in [-0.15, -0.1) is 11.6 Å². The van der Waals surface area contributed by atoms with Crippen molar-refractivity contribution >= 4 is 52.1 Å². The first kappa shape index (κ1) is 40.5. The van der Waals surface area contributed by atoms with Gasteiger partial charge in [-0.1, -0.05) is 45.9 Å². The number of nitriles is 1. The van der Waals surface area contributed by atoms with E-state index in [2.05, 4.69) is 16.8 Å². The molecule has 4 heterocycles. The van der Waals surface area contributed by atoms with Gasteiger partial charge in [0.2, 0.25) is 17.7 Å². The van der Waals surface area contributed by atoms with E-state index < -0.39 is 47.2 Å². The van der Waals surface area contributed by atoms with Gasteiger partial charge in [0.1, 0.15) is 35.8 Å². The van der Waals surface area contributed by atoms with Gasteiger partial charge in [0.05, 0.1) is 30.7 Å². The second-order valence-electron chi connectivity index (χ2n) is 16.2. The Morgan fingerprint density at radius 3 is 2.57 bits per heavy atom. The predicted octanol–water partition coefficient (Wildman–Crippen LogP) is 3.47. The number of rotatable bonds is 7. The van der Waals surface area contributed by atoms with Gasteiger partial charge >= 0.3 is 5.97 Å². The number of esters is 1. The highest BCUT2D eigenvalue weighted by Gasteiger charge is 2.42. The topological polar surface area (TPSA) is 166 Å². The lowest BCUT2D eigenvalue weighted by molar-refractivity contribution is -0.155. The lowest BCUT2D eigenvalue weighted by Crippen LogP contribution is -2.63. The fourth-order valence-corrected chi connectivity index (χ4v) is 8.07. The summed E-state index contributed by atoms with van der Waals surface area (Å²) >= 11 is 5.69. The zero-order valence-electron chi connectivity index (χ0n) is 32.8. The highest BCUT2D eigenvalue weighted by molar-refractivity contribution is 6.27. The maximum atomic E-state index is 14.5. The van der Waals surface area contributed by atoms with Crippen molar-refractivity contribution in [3.63, 3.8) is 0 Å². The molecule has 6 rings (SSSR count). The largest absolute Gasteiger partial charge is 0.497 e. The number of likely N-dealkylation sites (N-methyl/N-ethyl adjacent to an activating group) is 1. The molecule has 0 radical (unpaired) electrons. The number of carbonyl (C=O) groups is 5. The van der Waals surface area contributed by atoms with Crippen molar-refractivity contribution in [2.45, 2.75) is 71.6 Å². The van der Waals surface area contributed by atoms with E-state index in [4.69, 9.17) is 21.1 Å². The normalized spacial score (nSPS) is 20.7. The minimum atomic E-state index is -1.11. The molecule has 1 unspecified atom stereocenters. The van der Waals surface area contributed by atoms with Gasteiger partial charge in [-0.3, -0.25) is 29.0 Å². The van der Waals surface area contributed by atoms with Crippen LogP contribution in [0.5, 0.6) is 5.75 Å². The lowest BCUT2D eigenvalue weighted by atomic mass is 9.94. The number of nitrogens with one attached hydrogen (secondary N) is 2. The van der Waals surface area contributed by atoms with Crippen molar-refractivity contribution in [3.8, 4) is 22.9 Å². The molecule has 2 saturated heterocycles. The quantitative estimate of drug-likeness (QED) is 0.270. The summed E-state index contributed by atoms with van der Waals surface area (Å²) in [5.74, 6) is -2.40. The predicted molar refractivity (Wildman–Crippen MR) is 209 cm³/mol. The van der Waals surface area contributed by atoms with Crippen molar-refractivity contribution in [1.29, 1.82) is 5.26 Å². The molecule has 0 aliphatic carbocycles. The number of hydrazine groups is 1. The number of benzene rings is 2. The number of alkyl halides is 1. The maximum absolute atomic E-state index is 14.5. The Morgan fingerprint density at radius 1 is 1.14 bits per heavy atom. The number of likely N-dealkylation sites (tertiary alicyclic amines) is 1. The highest BCUT2D eigenvalue weighted by Crippen LogP contribution is 2.33. The fraction of sp³-hybridized carbons (Fsp3) is 0.512. The molecule has 3 aliphatic rings. The Labute approximate surface area is 332 Å². The summed E-state index contributed by atoms with van der Waals surface area (Å²) in [5, 5.41) is 15.1. The number of fused-ring (bicyclic) bond motifs is 6. The van der Waals surface area contributed by atoms with Crippen molar-refractivity contribution in [2.24, 2.45) is 17.3 Å². The van der Waals surface area contributed by atoms with Gasteiger partial charge in [0.15, 0.2) is 0 Å². The van der Waals surface area contributed by atoms with E-state index in [1.165, 1.54) is 14.8 Å². The molecule has 298 valence electrons. The van der Waals surface area contributed by atoms with E-state index in [9.17, 15) is 29.2 Å². The smallest absolute Gasteiger partial charge is 0.324 e. The van der Waals surface area contributed by atoms with Gasteiger partial charge in [-0.25, -0.2) is 5.43 Å². The maximum Gasteiger partial charge on any atom is 0.324 e. The third-order valence-electron chi connectivity index (χ3n) is 10.9. The number of carbonyl (C=O) groups excluding carboxylic acids is 5. The second kappa shape index (κ2) is 16.5. The molecule has 1 aromatic heterocycles. The molecular weight excluding hydrogens is 738 g/mol. The Bertz CT molecular complexity index is 2070. The van der Waals surface area contributed by atoms with Crippen LogP contribution in [0.15, 0.2) is 42.6 Å². The number of hydrogen-bond donors (Lipinski definition) is 2. The van der Waals surface area contributed by atoms with E-state index in [0.717, 1.165) is 22.0 Å². The molecule has 0 spiro atoms. The molecule has 3 aromatic rings. The second-order valence-corrected chi connectivity index (χ2v) is 16.5. The molecule has 2 fully saturated rings. The summed E-state index contributed by atoms with van der Waals surface area (Å²) in [5.41, 5.74) is 6.29. The summed E-state index contributed by atoms with van der Waals surface area (Å²) in [6, 6.07) is 11.0. The monoisotopic (exact) mass is 787 g/mol. The standard InChI is InChI=1S/C41H50ClN7O7/c1-24(2)36(46(5)38(52)29-20-47(21-29)35(50)17-42)37(51)44-33-14-25-12-27(15-30(13-25)55-6)26-9-10-31-28(18-43)19-48(34(31)16-26)22-41(3,4)23-56-40(54)32-8-7-11-49(45-32)39(33)53/h9-10,12-13,15-16,19,24,29,32-33,36,45H,7-8,11,14,17,20-23H2,1-6H3,(H,44,51)/t32-,33-,36?/m0/s1. The first-order valence-electron chi connectivity index (χ1n) is 19.0. The molecule has 3 aliphatic heterocycles. The Balaban J connectivity index is 1.37. The zero-order chi connectivity index (χ0) is 40.5. The summed E-state index contributed by atoms with van der Waals surface area (Å²) in [7, 11) is 3.13. The number of methoxy groups -OCH3 is 1.